The van der Waals surface area contributed by atoms with Crippen LogP contribution >= 0.6 is 0 Å². The molecule has 1 saturated heterocycles. The molecule has 0 unspecified atom stereocenters. The maximum Gasteiger partial charge on any atom is 0.225 e. The number of carbonyl (C=O) groups is 1. The van der Waals surface area contributed by atoms with Crippen LogP contribution in [0.4, 0.5) is 11.6 Å². The van der Waals surface area contributed by atoms with Gasteiger partial charge in [-0.15, -0.1) is 0 Å². The van der Waals surface area contributed by atoms with Crippen molar-refractivity contribution in [3.63, 3.8) is 0 Å². The van der Waals surface area contributed by atoms with Gasteiger partial charge in [-0.25, -0.2) is 4.98 Å². The van der Waals surface area contributed by atoms with Crippen molar-refractivity contribution in [1.29, 1.82) is 0 Å². The van der Waals surface area contributed by atoms with E-state index in [1.54, 1.807) is 0 Å². The first kappa shape index (κ1) is 18.7. The van der Waals surface area contributed by atoms with Crippen molar-refractivity contribution in [1.82, 2.24) is 14.9 Å². The number of aryl methyl sites for hydroxylation is 1. The lowest BCUT2D eigenvalue weighted by molar-refractivity contribution is -0.116. The monoisotopic (exact) mass is 381 g/mol. The number of rotatable bonds is 7. The van der Waals surface area contributed by atoms with Gasteiger partial charge in [0.2, 0.25) is 11.8 Å². The number of aromatic nitrogens is 2. The van der Waals surface area contributed by atoms with E-state index in [1.807, 2.05) is 30.5 Å². The molecule has 4 heterocycles. The van der Waals surface area contributed by atoms with E-state index in [0.717, 1.165) is 63.4 Å². The maximum absolute atomic E-state index is 11.5. The molecule has 148 valence electrons. The molecule has 2 aromatic rings. The predicted octanol–water partition coefficient (Wildman–Crippen LogP) is 2.34. The van der Waals surface area contributed by atoms with E-state index < -0.39 is 0 Å². The zero-order valence-corrected chi connectivity index (χ0v) is 16.1. The second-order valence-electron chi connectivity index (χ2n) is 7.28. The summed E-state index contributed by atoms with van der Waals surface area (Å²) in [6.45, 7) is 5.93. The van der Waals surface area contributed by atoms with Gasteiger partial charge in [0.15, 0.2) is 0 Å². The average molecular weight is 381 g/mol. The fourth-order valence-corrected chi connectivity index (χ4v) is 3.66. The van der Waals surface area contributed by atoms with Gasteiger partial charge in [-0.2, -0.15) is 4.98 Å². The minimum absolute atomic E-state index is 0.0280. The van der Waals surface area contributed by atoms with Gasteiger partial charge in [-0.1, -0.05) is 6.07 Å². The van der Waals surface area contributed by atoms with Crippen LogP contribution in [0.25, 0.3) is 0 Å². The molecule has 0 aliphatic carbocycles. The number of hydrogen-bond donors (Lipinski definition) is 1. The number of fused-ring (bicyclic) bond motifs is 1. The van der Waals surface area contributed by atoms with Crippen LogP contribution in [0.3, 0.4) is 0 Å². The van der Waals surface area contributed by atoms with Gasteiger partial charge in [-0.05, 0) is 49.6 Å². The Morgan fingerprint density at radius 2 is 1.93 bits per heavy atom. The normalized spacial score (nSPS) is 17.1. The molecule has 0 aromatic carbocycles. The molecular formula is C21H27N5O2. The Balaban J connectivity index is 1.13. The Labute approximate surface area is 165 Å². The molecule has 7 nitrogen and oxygen atoms in total. The summed E-state index contributed by atoms with van der Waals surface area (Å²) in [4.78, 5) is 25.2. The van der Waals surface area contributed by atoms with Crippen molar-refractivity contribution in [3.05, 3.63) is 42.1 Å². The maximum atomic E-state index is 11.5. The number of nitrogens with zero attached hydrogens (tertiary/aromatic N) is 4. The second kappa shape index (κ2) is 9.01. The summed E-state index contributed by atoms with van der Waals surface area (Å²) in [6.07, 6.45) is 5.23. The third-order valence-electron chi connectivity index (χ3n) is 5.30. The third-order valence-corrected chi connectivity index (χ3v) is 5.30. The molecule has 2 aliphatic rings. The Kier molecular flexibility index (Phi) is 6.01. The lowest BCUT2D eigenvalue weighted by Crippen LogP contribution is -2.46. The van der Waals surface area contributed by atoms with Gasteiger partial charge < -0.3 is 15.0 Å². The number of piperazine rings is 1. The lowest BCUT2D eigenvalue weighted by Gasteiger charge is -2.35. The van der Waals surface area contributed by atoms with Gasteiger partial charge in [0, 0.05) is 44.9 Å². The third kappa shape index (κ3) is 4.78. The van der Waals surface area contributed by atoms with Crippen LogP contribution in [0.1, 0.15) is 24.8 Å². The number of unbranched alkanes of at least 4 members (excludes halogenated alkanes) is 1. The molecule has 0 spiro atoms. The van der Waals surface area contributed by atoms with E-state index >= 15 is 0 Å². The minimum Gasteiger partial charge on any atom is -0.478 e. The van der Waals surface area contributed by atoms with E-state index in [4.69, 9.17) is 4.74 Å². The summed E-state index contributed by atoms with van der Waals surface area (Å²) in [5.74, 6) is 2.34. The fraction of sp³-hybridized carbons (Fsp3) is 0.476. The molecular weight excluding hydrogens is 354 g/mol. The number of hydrogen-bond acceptors (Lipinski definition) is 6. The van der Waals surface area contributed by atoms with Crippen molar-refractivity contribution >= 4 is 17.5 Å². The van der Waals surface area contributed by atoms with Crippen LogP contribution in [-0.4, -0.2) is 60.1 Å². The van der Waals surface area contributed by atoms with Crippen molar-refractivity contribution in [2.24, 2.45) is 0 Å². The SMILES string of the molecule is O=C1CCc2ccc(OCCCCN3CCN(c4ccccn4)CC3)nc2N1. The molecule has 1 fully saturated rings. The van der Waals surface area contributed by atoms with Crippen LogP contribution in [0.2, 0.25) is 0 Å². The van der Waals surface area contributed by atoms with E-state index in [-0.39, 0.29) is 5.91 Å². The smallest absolute Gasteiger partial charge is 0.225 e. The van der Waals surface area contributed by atoms with E-state index in [0.29, 0.717) is 24.7 Å². The Bertz CT molecular complexity index is 791. The van der Waals surface area contributed by atoms with Crippen LogP contribution < -0.4 is 15.0 Å². The van der Waals surface area contributed by atoms with Gasteiger partial charge in [0.1, 0.15) is 11.6 Å². The zero-order valence-electron chi connectivity index (χ0n) is 16.1. The Morgan fingerprint density at radius 1 is 1.04 bits per heavy atom. The summed E-state index contributed by atoms with van der Waals surface area (Å²) in [7, 11) is 0. The number of amides is 1. The van der Waals surface area contributed by atoms with Crippen LogP contribution in [0, 0.1) is 0 Å². The average Bonchev–Trinajstić information content (AvgIpc) is 2.74. The van der Waals surface area contributed by atoms with E-state index in [1.165, 1.54) is 0 Å². The first-order chi connectivity index (χ1) is 13.8. The number of ether oxygens (including phenoxy) is 1. The van der Waals surface area contributed by atoms with Crippen molar-refractivity contribution in [2.75, 3.05) is 49.5 Å². The summed E-state index contributed by atoms with van der Waals surface area (Å²) in [5, 5.41) is 2.82. The Hall–Kier alpha value is -2.67. The minimum atomic E-state index is 0.0280. The summed E-state index contributed by atoms with van der Waals surface area (Å²) in [5.41, 5.74) is 1.08. The van der Waals surface area contributed by atoms with Crippen molar-refractivity contribution in [3.8, 4) is 5.88 Å². The summed E-state index contributed by atoms with van der Waals surface area (Å²) < 4.78 is 5.77. The number of nitrogens with one attached hydrogen (secondary N) is 1. The second-order valence-corrected chi connectivity index (χ2v) is 7.28. The molecule has 0 radical (unpaired) electrons. The molecule has 2 aliphatic heterocycles. The highest BCUT2D eigenvalue weighted by molar-refractivity contribution is 5.92. The topological polar surface area (TPSA) is 70.6 Å². The van der Waals surface area contributed by atoms with Crippen LogP contribution in [-0.2, 0) is 11.2 Å². The highest BCUT2D eigenvalue weighted by atomic mass is 16.5. The van der Waals surface area contributed by atoms with Crippen LogP contribution in [0.15, 0.2) is 36.5 Å². The first-order valence-electron chi connectivity index (χ1n) is 10.1. The highest BCUT2D eigenvalue weighted by Crippen LogP contribution is 2.23. The van der Waals surface area contributed by atoms with Gasteiger partial charge in [0.25, 0.3) is 0 Å². The van der Waals surface area contributed by atoms with Gasteiger partial charge in [0.05, 0.1) is 6.61 Å². The molecule has 4 rings (SSSR count). The summed E-state index contributed by atoms with van der Waals surface area (Å²) >= 11 is 0. The number of carbonyl (C=O) groups excluding carboxylic acids is 1. The largest absolute Gasteiger partial charge is 0.478 e. The molecule has 0 saturated carbocycles. The first-order valence-corrected chi connectivity index (χ1v) is 10.1. The van der Waals surface area contributed by atoms with E-state index in [9.17, 15) is 4.79 Å². The fourth-order valence-electron chi connectivity index (χ4n) is 3.66. The molecule has 2 aromatic heterocycles. The van der Waals surface area contributed by atoms with Crippen LogP contribution in [0.5, 0.6) is 5.88 Å². The van der Waals surface area contributed by atoms with Gasteiger partial charge >= 0.3 is 0 Å². The quantitative estimate of drug-likeness (QED) is 0.743. The zero-order chi connectivity index (χ0) is 19.2. The van der Waals surface area contributed by atoms with Gasteiger partial charge in [-0.3, -0.25) is 9.69 Å². The number of anilines is 2. The van der Waals surface area contributed by atoms with Crippen molar-refractivity contribution < 1.29 is 9.53 Å². The molecule has 7 heteroatoms. The van der Waals surface area contributed by atoms with E-state index in [2.05, 4.69) is 31.2 Å². The lowest BCUT2D eigenvalue weighted by atomic mass is 10.1. The predicted molar refractivity (Wildman–Crippen MR) is 109 cm³/mol. The van der Waals surface area contributed by atoms with Crippen molar-refractivity contribution in [2.45, 2.75) is 25.7 Å². The molecule has 28 heavy (non-hydrogen) atoms. The summed E-state index contributed by atoms with van der Waals surface area (Å²) in [6, 6.07) is 9.97. The molecule has 0 atom stereocenters. The standard InChI is InChI=1S/C21H27N5O2/c27-19-8-6-17-7-9-20(24-21(17)23-19)28-16-4-3-11-25-12-14-26(15-13-25)18-5-1-2-10-22-18/h1-2,5,7,9-10H,3-4,6,8,11-16H2,(H,23,24,27). The molecule has 1 amide bonds. The number of pyridine rings is 2. The molecule has 1 N–H and O–H groups in total. The highest BCUT2D eigenvalue weighted by Gasteiger charge is 2.18. The Morgan fingerprint density at radius 3 is 2.75 bits per heavy atom. The molecule has 0 bridgehead atoms.